The highest BCUT2D eigenvalue weighted by atomic mass is 19.4. The minimum Gasteiger partial charge on any atom is -0.330 e. The number of hydrogen-bond acceptors (Lipinski definition) is 6. The summed E-state index contributed by atoms with van der Waals surface area (Å²) in [4.78, 5) is 39.4. The Kier molecular flexibility index (Phi) is 6.29. The Bertz CT molecular complexity index is 1430. The number of rotatable bonds is 5. The molecule has 3 N–H and O–H groups in total. The molecule has 0 aliphatic carbocycles. The lowest BCUT2D eigenvalue weighted by molar-refractivity contribution is -0.750. The molecule has 0 bridgehead atoms. The first-order valence-corrected chi connectivity index (χ1v) is 11.7. The lowest BCUT2D eigenvalue weighted by atomic mass is 10.1. The molecule has 2 aromatic rings. The average molecular weight is 523 g/mol. The summed E-state index contributed by atoms with van der Waals surface area (Å²) in [6.07, 6.45) is 2.24. The number of alkyl halides is 3. The van der Waals surface area contributed by atoms with E-state index in [-0.39, 0.29) is 17.0 Å². The van der Waals surface area contributed by atoms with Gasteiger partial charge in [-0.05, 0) is 49.2 Å². The van der Waals surface area contributed by atoms with E-state index >= 15 is 0 Å². The van der Waals surface area contributed by atoms with Crippen molar-refractivity contribution in [2.24, 2.45) is 15.8 Å². The van der Waals surface area contributed by atoms with E-state index in [0.717, 1.165) is 4.90 Å². The standard InChI is InChI=1S/C26H22F3N7O2/c1-16(26(27,28)29)25(38)35-13-4-5-19(35)22-20-15-31-12-14-36(20,30)23(34-22)17-7-9-18(10-8-17)24(37)33-21-6-2-3-11-32-21/h2-3,6-12,14-15,19H,1,4-5,13,30H2/p+1. The molecule has 0 saturated carbocycles. The highest BCUT2D eigenvalue weighted by molar-refractivity contribution is 6.05. The first-order chi connectivity index (χ1) is 18.1. The summed E-state index contributed by atoms with van der Waals surface area (Å²) in [5, 5.41) is 2.71. The number of amidine groups is 1. The second-order valence-corrected chi connectivity index (χ2v) is 8.94. The Morgan fingerprint density at radius 2 is 1.92 bits per heavy atom. The average Bonchev–Trinajstić information content (AvgIpc) is 3.50. The van der Waals surface area contributed by atoms with Crippen LogP contribution in [0.3, 0.4) is 0 Å². The normalized spacial score (nSPS) is 22.4. The van der Waals surface area contributed by atoms with Crippen LogP contribution < -0.4 is 11.2 Å². The fourth-order valence-corrected chi connectivity index (χ4v) is 4.64. The third-order valence-corrected chi connectivity index (χ3v) is 6.56. The summed E-state index contributed by atoms with van der Waals surface area (Å²) in [7, 11) is 0. The van der Waals surface area contributed by atoms with Crippen molar-refractivity contribution in [1.29, 1.82) is 0 Å². The maximum Gasteiger partial charge on any atom is 0.421 e. The van der Waals surface area contributed by atoms with Gasteiger partial charge in [0.05, 0.1) is 24.0 Å². The lowest BCUT2D eigenvalue weighted by Crippen LogP contribution is -2.53. The molecule has 12 heteroatoms. The minimum atomic E-state index is -4.83. The molecule has 1 fully saturated rings. The van der Waals surface area contributed by atoms with Crippen LogP contribution in [0, 0.1) is 0 Å². The van der Waals surface area contributed by atoms with Crippen LogP contribution in [0.2, 0.25) is 0 Å². The Labute approximate surface area is 215 Å². The molecule has 2 atom stereocenters. The second kappa shape index (κ2) is 9.47. The van der Waals surface area contributed by atoms with Gasteiger partial charge in [-0.25, -0.2) is 4.98 Å². The van der Waals surface area contributed by atoms with E-state index < -0.39 is 23.7 Å². The fraction of sp³-hybridized carbons (Fsp3) is 0.192. The summed E-state index contributed by atoms with van der Waals surface area (Å²) >= 11 is 0. The number of halogens is 3. The summed E-state index contributed by atoms with van der Waals surface area (Å²) < 4.78 is 39.3. The number of anilines is 1. The van der Waals surface area contributed by atoms with Gasteiger partial charge in [-0.1, -0.05) is 12.6 Å². The molecule has 38 heavy (non-hydrogen) atoms. The largest absolute Gasteiger partial charge is 0.421 e. The molecule has 2 amide bonds. The molecule has 1 aromatic carbocycles. The zero-order chi connectivity index (χ0) is 27.1. The maximum atomic E-state index is 13.2. The molecule has 3 aliphatic heterocycles. The SMILES string of the molecule is C=C(C(=O)N1CCCC1C1=C2C=NC=C[N+]2(N)C(c2ccc(C(=O)Nc3ccccn3)cc2)=N1)C(F)(F)F. The number of nitrogens with zero attached hydrogens (tertiary/aromatic N) is 5. The van der Waals surface area contributed by atoms with Crippen LogP contribution in [0.5, 0.6) is 0 Å². The summed E-state index contributed by atoms with van der Waals surface area (Å²) in [6.45, 7) is 3.10. The highest BCUT2D eigenvalue weighted by Gasteiger charge is 2.49. The van der Waals surface area contributed by atoms with E-state index in [1.54, 1.807) is 54.9 Å². The Hall–Kier alpha value is -4.42. The van der Waals surface area contributed by atoms with Crippen LogP contribution in [0.15, 0.2) is 94.6 Å². The third-order valence-electron chi connectivity index (χ3n) is 6.56. The molecule has 5 rings (SSSR count). The summed E-state index contributed by atoms with van der Waals surface area (Å²) in [6, 6.07) is 11.0. The minimum absolute atomic E-state index is 0.137. The highest BCUT2D eigenvalue weighted by Crippen LogP contribution is 2.38. The predicted octanol–water partition coefficient (Wildman–Crippen LogP) is 3.66. The van der Waals surface area contributed by atoms with Crippen molar-refractivity contribution in [3.8, 4) is 0 Å². The van der Waals surface area contributed by atoms with Crippen LogP contribution in [-0.4, -0.2) is 57.1 Å². The van der Waals surface area contributed by atoms with E-state index in [1.165, 1.54) is 12.4 Å². The van der Waals surface area contributed by atoms with E-state index in [1.807, 2.05) is 0 Å². The zero-order valence-corrected chi connectivity index (χ0v) is 20.0. The molecule has 0 spiro atoms. The zero-order valence-electron chi connectivity index (χ0n) is 20.0. The quantitative estimate of drug-likeness (QED) is 0.355. The third kappa shape index (κ3) is 4.44. The first-order valence-electron chi connectivity index (χ1n) is 11.7. The number of nitrogens with two attached hydrogens (primary N) is 1. The number of likely N-dealkylation sites (tertiary alicyclic amines) is 1. The molecule has 0 radical (unpaired) electrons. The molecule has 9 nitrogen and oxygen atoms in total. The van der Waals surface area contributed by atoms with Crippen molar-refractivity contribution in [1.82, 2.24) is 9.88 Å². The number of carbonyl (C=O) groups is 2. The molecule has 2 unspecified atom stereocenters. The van der Waals surface area contributed by atoms with Gasteiger partial charge in [-0.15, -0.1) is 4.59 Å². The summed E-state index contributed by atoms with van der Waals surface area (Å²) in [5.74, 6) is 5.99. The topological polar surface area (TPSA) is 113 Å². The van der Waals surface area contributed by atoms with Gasteiger partial charge in [-0.2, -0.15) is 24.0 Å². The fourth-order valence-electron chi connectivity index (χ4n) is 4.64. The van der Waals surface area contributed by atoms with Crippen molar-refractivity contribution in [3.63, 3.8) is 0 Å². The Balaban J connectivity index is 1.45. The van der Waals surface area contributed by atoms with E-state index in [0.29, 0.717) is 47.0 Å². The van der Waals surface area contributed by atoms with E-state index in [2.05, 4.69) is 21.9 Å². The van der Waals surface area contributed by atoms with Crippen molar-refractivity contribution < 1.29 is 27.4 Å². The number of quaternary nitrogens is 1. The molecule has 1 saturated heterocycles. The number of nitrogens with one attached hydrogen (secondary N) is 1. The second-order valence-electron chi connectivity index (χ2n) is 8.94. The monoisotopic (exact) mass is 522 g/mol. The van der Waals surface area contributed by atoms with Crippen molar-refractivity contribution in [3.05, 3.63) is 95.7 Å². The Morgan fingerprint density at radius 1 is 1.16 bits per heavy atom. The van der Waals surface area contributed by atoms with Gasteiger partial charge in [0.15, 0.2) is 0 Å². The number of fused-ring (bicyclic) bond motifs is 1. The lowest BCUT2D eigenvalue weighted by Gasteiger charge is -2.28. The number of pyridine rings is 1. The molecule has 4 heterocycles. The molecule has 1 aromatic heterocycles. The van der Waals surface area contributed by atoms with Gasteiger partial charge >= 0.3 is 6.18 Å². The molecular formula is C26H23F3N7O2+. The summed E-state index contributed by atoms with van der Waals surface area (Å²) in [5.41, 5.74) is 0.353. The number of aromatic nitrogens is 1. The van der Waals surface area contributed by atoms with Gasteiger partial charge in [0.2, 0.25) is 5.70 Å². The maximum absolute atomic E-state index is 13.2. The van der Waals surface area contributed by atoms with Crippen molar-refractivity contribution >= 4 is 29.7 Å². The van der Waals surface area contributed by atoms with Crippen molar-refractivity contribution in [2.75, 3.05) is 11.9 Å². The van der Waals surface area contributed by atoms with E-state index in [9.17, 15) is 22.8 Å². The van der Waals surface area contributed by atoms with Crippen LogP contribution >= 0.6 is 0 Å². The smallest absolute Gasteiger partial charge is 0.330 e. The Morgan fingerprint density at radius 3 is 2.61 bits per heavy atom. The number of allylic oxidation sites excluding steroid dienone is 1. The number of carbonyl (C=O) groups excluding carboxylic acids is 2. The van der Waals surface area contributed by atoms with Crippen LogP contribution in [-0.2, 0) is 4.79 Å². The molecule has 194 valence electrons. The number of hydrogen-bond donors (Lipinski definition) is 2. The van der Waals surface area contributed by atoms with Gasteiger partial charge in [0.25, 0.3) is 17.6 Å². The number of amides is 2. The van der Waals surface area contributed by atoms with Gasteiger partial charge < -0.3 is 10.2 Å². The van der Waals surface area contributed by atoms with Gasteiger partial charge in [0, 0.05) is 18.3 Å². The molecular weight excluding hydrogens is 499 g/mol. The van der Waals surface area contributed by atoms with Gasteiger partial charge in [0.1, 0.15) is 23.3 Å². The van der Waals surface area contributed by atoms with Gasteiger partial charge in [-0.3, -0.25) is 14.6 Å². The first kappa shape index (κ1) is 25.2. The number of aliphatic imine (C=N–C) groups is 2. The number of benzene rings is 1. The predicted molar refractivity (Wildman–Crippen MR) is 134 cm³/mol. The van der Waals surface area contributed by atoms with E-state index in [4.69, 9.17) is 10.8 Å². The molecule has 3 aliphatic rings. The van der Waals surface area contributed by atoms with Crippen LogP contribution in [0.25, 0.3) is 0 Å². The van der Waals surface area contributed by atoms with Crippen LogP contribution in [0.1, 0.15) is 28.8 Å². The van der Waals surface area contributed by atoms with Crippen molar-refractivity contribution in [2.45, 2.75) is 25.1 Å². The van der Waals surface area contributed by atoms with Crippen LogP contribution in [0.4, 0.5) is 19.0 Å².